The summed E-state index contributed by atoms with van der Waals surface area (Å²) in [6.07, 6.45) is 0.181. The molecule has 8 heteroatoms. The van der Waals surface area contributed by atoms with E-state index in [1.54, 1.807) is 0 Å². The molecule has 0 aromatic heterocycles. The monoisotopic (exact) mass is 222 g/mol. The molecule has 0 bridgehead atoms. The Kier molecular flexibility index (Phi) is 7.11. The highest BCUT2D eigenvalue weighted by atomic mass is 32.2. The van der Waals surface area contributed by atoms with E-state index >= 15 is 0 Å². The van der Waals surface area contributed by atoms with E-state index in [1.165, 1.54) is 0 Å². The number of nitrogens with one attached hydrogen (secondary N) is 2. The lowest BCUT2D eigenvalue weighted by Crippen LogP contribution is -2.33. The Morgan fingerprint density at radius 3 is 1.71 bits per heavy atom. The van der Waals surface area contributed by atoms with Gasteiger partial charge in [-0.25, -0.2) is 11.7 Å². The predicted octanol–water partition coefficient (Wildman–Crippen LogP) is -2.50. The molecule has 2 amide bonds. The van der Waals surface area contributed by atoms with Gasteiger partial charge in [-0.1, -0.05) is 11.2 Å². The van der Waals surface area contributed by atoms with E-state index < -0.39 is 11.2 Å². The number of carbonyl (C=O) groups is 2. The predicted molar refractivity (Wildman–Crippen MR) is 51.8 cm³/mol. The van der Waals surface area contributed by atoms with Crippen molar-refractivity contribution in [3.05, 3.63) is 0 Å². The molecule has 0 aromatic carbocycles. The van der Waals surface area contributed by atoms with Crippen molar-refractivity contribution in [3.63, 3.8) is 0 Å². The van der Waals surface area contributed by atoms with E-state index in [0.717, 1.165) is 0 Å². The van der Waals surface area contributed by atoms with Crippen LogP contribution in [0.4, 0.5) is 0 Å². The van der Waals surface area contributed by atoms with Crippen molar-refractivity contribution in [2.45, 2.75) is 12.8 Å². The summed E-state index contributed by atoms with van der Waals surface area (Å²) in [6.45, 7) is 0. The number of hydrogen-bond acceptors (Lipinski definition) is 5. The van der Waals surface area contributed by atoms with Crippen molar-refractivity contribution in [2.75, 3.05) is 11.5 Å². The van der Waals surface area contributed by atoms with E-state index in [2.05, 4.69) is 0 Å². The maximum absolute atomic E-state index is 11.2. The second kappa shape index (κ2) is 7.56. The highest BCUT2D eigenvalue weighted by Crippen LogP contribution is 1.96. The Morgan fingerprint density at radius 2 is 1.43 bits per heavy atom. The van der Waals surface area contributed by atoms with Crippen LogP contribution in [0.25, 0.3) is 0 Å². The van der Waals surface area contributed by atoms with E-state index in [9.17, 15) is 14.1 Å². The van der Waals surface area contributed by atoms with Crippen LogP contribution in [-0.2, 0) is 20.8 Å². The van der Waals surface area contributed by atoms with Crippen LogP contribution >= 0.6 is 0 Å². The summed E-state index contributed by atoms with van der Waals surface area (Å²) in [7, 11) is 0. The van der Waals surface area contributed by atoms with Crippen molar-refractivity contribution in [2.24, 2.45) is 11.7 Å². The molecule has 0 fully saturated rings. The summed E-state index contributed by atoms with van der Waals surface area (Å²) in [4.78, 5) is 21.3. The van der Waals surface area contributed by atoms with E-state index in [4.69, 9.17) is 11.7 Å². The van der Waals surface area contributed by atoms with Gasteiger partial charge in [0.1, 0.15) is 11.5 Å². The summed E-state index contributed by atoms with van der Waals surface area (Å²) in [5.41, 5.74) is 3.85. The number of rotatable bonds is 6. The van der Waals surface area contributed by atoms with E-state index in [1.807, 2.05) is 10.9 Å². The fourth-order valence-corrected chi connectivity index (χ4v) is 1.69. The lowest BCUT2D eigenvalue weighted by atomic mass is 10.5. The summed E-state index contributed by atoms with van der Waals surface area (Å²) in [6, 6.07) is 0. The van der Waals surface area contributed by atoms with E-state index in [-0.39, 0.29) is 36.2 Å². The van der Waals surface area contributed by atoms with Crippen LogP contribution in [0.15, 0.2) is 0 Å². The summed E-state index contributed by atoms with van der Waals surface area (Å²) < 4.78 is 11.2. The Labute approximate surface area is 84.7 Å². The quantitative estimate of drug-likeness (QED) is 0.170. The normalized spacial score (nSPS) is 10.0. The third-order valence-corrected chi connectivity index (χ3v) is 2.75. The molecule has 7 nitrogen and oxygen atoms in total. The first-order chi connectivity index (χ1) is 6.60. The molecular formula is C6H14N4O3S. The minimum absolute atomic E-state index is 0.0906. The van der Waals surface area contributed by atoms with Gasteiger partial charge in [0.2, 0.25) is 11.8 Å². The largest absolute Gasteiger partial charge is 0.616 e. The van der Waals surface area contributed by atoms with Crippen LogP contribution in [0.3, 0.4) is 0 Å². The highest BCUT2D eigenvalue weighted by Gasteiger charge is 2.11. The zero-order chi connectivity index (χ0) is 11.0. The zero-order valence-electron chi connectivity index (χ0n) is 7.62. The van der Waals surface area contributed by atoms with Gasteiger partial charge in [0, 0.05) is 0 Å². The van der Waals surface area contributed by atoms with E-state index in [0.29, 0.717) is 0 Å². The number of hydrogen-bond donors (Lipinski definition) is 4. The van der Waals surface area contributed by atoms with Gasteiger partial charge in [0.05, 0.1) is 12.8 Å². The first kappa shape index (κ1) is 13.2. The van der Waals surface area contributed by atoms with Crippen molar-refractivity contribution < 1.29 is 14.1 Å². The van der Waals surface area contributed by atoms with Gasteiger partial charge in [-0.15, -0.1) is 0 Å². The second-order valence-corrected chi connectivity index (χ2v) is 4.18. The molecule has 0 saturated carbocycles. The molecule has 0 aromatic rings. The van der Waals surface area contributed by atoms with Crippen LogP contribution in [0.5, 0.6) is 0 Å². The van der Waals surface area contributed by atoms with Crippen LogP contribution in [0.1, 0.15) is 12.8 Å². The highest BCUT2D eigenvalue weighted by molar-refractivity contribution is 7.91. The molecule has 82 valence electrons. The first-order valence-corrected chi connectivity index (χ1v) is 5.42. The molecule has 0 atom stereocenters. The number of amides is 2. The maximum atomic E-state index is 11.2. The Hall–Kier alpha value is -0.830. The van der Waals surface area contributed by atoms with Gasteiger partial charge in [-0.2, -0.15) is 0 Å². The molecule has 0 rings (SSSR count). The summed E-state index contributed by atoms with van der Waals surface area (Å²) in [5, 5.41) is 0. The molecular weight excluding hydrogens is 208 g/mol. The Bertz CT molecular complexity index is 182. The average molecular weight is 222 g/mol. The molecule has 0 aliphatic rings. The minimum atomic E-state index is -1.20. The van der Waals surface area contributed by atoms with Crippen LogP contribution < -0.4 is 22.5 Å². The molecule has 0 aliphatic heterocycles. The summed E-state index contributed by atoms with van der Waals surface area (Å²) in [5.74, 6) is 9.29. The fourth-order valence-electron chi connectivity index (χ4n) is 0.659. The topological polar surface area (TPSA) is 133 Å². The fraction of sp³-hybridized carbons (Fsp3) is 0.667. The number of carbonyl (C=O) groups excluding carboxylic acids is 2. The maximum Gasteiger partial charge on any atom is 0.238 e. The minimum Gasteiger partial charge on any atom is -0.616 e. The third kappa shape index (κ3) is 6.66. The van der Waals surface area contributed by atoms with Crippen molar-refractivity contribution >= 4 is 23.0 Å². The average Bonchev–Trinajstić information content (AvgIpc) is 2.22. The Balaban J connectivity index is 3.50. The van der Waals surface area contributed by atoms with Crippen LogP contribution in [-0.4, -0.2) is 27.9 Å². The molecule has 0 saturated heterocycles. The lowest BCUT2D eigenvalue weighted by Gasteiger charge is -2.09. The van der Waals surface area contributed by atoms with Gasteiger partial charge in [0.25, 0.3) is 0 Å². The summed E-state index contributed by atoms with van der Waals surface area (Å²) >= 11 is -1.20. The van der Waals surface area contributed by atoms with Gasteiger partial charge in [-0.3, -0.25) is 20.4 Å². The molecule has 0 spiro atoms. The Morgan fingerprint density at radius 1 is 1.07 bits per heavy atom. The van der Waals surface area contributed by atoms with Gasteiger partial charge in [-0.05, 0) is 0 Å². The van der Waals surface area contributed by atoms with Gasteiger partial charge in [0.15, 0.2) is 0 Å². The number of hydrazine groups is 2. The van der Waals surface area contributed by atoms with Crippen LogP contribution in [0, 0.1) is 0 Å². The molecule has 6 N–H and O–H groups in total. The number of nitrogens with two attached hydrogens (primary N) is 2. The molecule has 0 aliphatic carbocycles. The standard InChI is InChI=1S/C6H14N4O3S/c7-9-5(11)1-3-14(13)4-2-6(12)10-8/h1-4,7-8H2,(H,9,11)(H,10,12). The molecule has 0 unspecified atom stereocenters. The third-order valence-electron chi connectivity index (χ3n) is 1.44. The zero-order valence-corrected chi connectivity index (χ0v) is 8.43. The molecule has 0 heterocycles. The molecule has 14 heavy (non-hydrogen) atoms. The van der Waals surface area contributed by atoms with Crippen molar-refractivity contribution in [1.82, 2.24) is 10.9 Å². The van der Waals surface area contributed by atoms with Gasteiger partial charge < -0.3 is 4.55 Å². The van der Waals surface area contributed by atoms with Crippen molar-refractivity contribution in [1.29, 1.82) is 0 Å². The lowest BCUT2D eigenvalue weighted by molar-refractivity contribution is -0.121. The smallest absolute Gasteiger partial charge is 0.238 e. The van der Waals surface area contributed by atoms with Crippen LogP contribution in [0.2, 0.25) is 0 Å². The molecule has 0 radical (unpaired) electrons. The second-order valence-electron chi connectivity index (χ2n) is 2.48. The SMILES string of the molecule is NNC(=O)CC[S+]([O-])CCC(=O)NN. The van der Waals surface area contributed by atoms with Gasteiger partial charge >= 0.3 is 0 Å². The first-order valence-electron chi connectivity index (χ1n) is 3.94. The van der Waals surface area contributed by atoms with Crippen molar-refractivity contribution in [3.8, 4) is 0 Å².